The molecule has 0 aliphatic carbocycles. The Hall–Kier alpha value is -2.41. The number of aliphatic hydroxyl groups is 1. The number of hydrogen-bond donors (Lipinski definition) is 1. The third-order valence-corrected chi connectivity index (χ3v) is 4.20. The van der Waals surface area contributed by atoms with Gasteiger partial charge in [0.25, 0.3) is 0 Å². The van der Waals surface area contributed by atoms with Crippen molar-refractivity contribution >= 4 is 5.69 Å². The molecule has 1 N–H and O–H groups in total. The molecule has 1 unspecified atom stereocenters. The normalized spacial score (nSPS) is 12.2. The van der Waals surface area contributed by atoms with Crippen LogP contribution < -0.4 is 4.74 Å². The molecule has 1 heterocycles. The van der Waals surface area contributed by atoms with E-state index in [1.165, 1.54) is 4.68 Å². The standard InChI is InChI=1S/C17H23N3O4/c1-10-6-7-11(2)17(12(10)3)24-9-15(21)8-19-14(5)16(20(22)23)13(4)18-19/h6-7,15,21H,8-9H2,1-5H3. The molecule has 0 amide bonds. The summed E-state index contributed by atoms with van der Waals surface area (Å²) >= 11 is 0. The van der Waals surface area contributed by atoms with Gasteiger partial charge in [0.05, 0.1) is 11.5 Å². The molecule has 130 valence electrons. The minimum atomic E-state index is -0.818. The van der Waals surface area contributed by atoms with E-state index in [-0.39, 0.29) is 18.8 Å². The fourth-order valence-corrected chi connectivity index (χ4v) is 2.71. The maximum Gasteiger partial charge on any atom is 0.312 e. The first kappa shape index (κ1) is 17.9. The Morgan fingerprint density at radius 3 is 2.46 bits per heavy atom. The number of nitrogens with zero attached hydrogens (tertiary/aromatic N) is 3. The van der Waals surface area contributed by atoms with Gasteiger partial charge in [-0.15, -0.1) is 0 Å². The average Bonchev–Trinajstić information content (AvgIpc) is 2.77. The molecule has 0 aliphatic rings. The Morgan fingerprint density at radius 1 is 1.25 bits per heavy atom. The molecule has 1 aromatic heterocycles. The summed E-state index contributed by atoms with van der Waals surface area (Å²) < 4.78 is 7.24. The van der Waals surface area contributed by atoms with Crippen LogP contribution in [0.3, 0.4) is 0 Å². The molecule has 1 atom stereocenters. The largest absolute Gasteiger partial charge is 0.490 e. The van der Waals surface area contributed by atoms with Gasteiger partial charge in [-0.1, -0.05) is 12.1 Å². The lowest BCUT2D eigenvalue weighted by atomic mass is 10.1. The number of rotatable bonds is 6. The molecule has 24 heavy (non-hydrogen) atoms. The molecular formula is C17H23N3O4. The molecule has 2 rings (SSSR count). The van der Waals surface area contributed by atoms with Crippen molar-refractivity contribution in [2.45, 2.75) is 47.3 Å². The molecule has 0 aliphatic heterocycles. The fraction of sp³-hybridized carbons (Fsp3) is 0.471. The number of hydrogen-bond acceptors (Lipinski definition) is 5. The third kappa shape index (κ3) is 3.56. The van der Waals surface area contributed by atoms with Crippen LogP contribution in [-0.2, 0) is 6.54 Å². The third-order valence-electron chi connectivity index (χ3n) is 4.20. The van der Waals surface area contributed by atoms with Gasteiger partial charge in [0.15, 0.2) is 0 Å². The van der Waals surface area contributed by atoms with E-state index in [0.29, 0.717) is 11.4 Å². The lowest BCUT2D eigenvalue weighted by molar-refractivity contribution is -0.386. The zero-order valence-corrected chi connectivity index (χ0v) is 14.7. The molecule has 0 fully saturated rings. The van der Waals surface area contributed by atoms with Crippen LogP contribution in [0.2, 0.25) is 0 Å². The van der Waals surface area contributed by atoms with Crippen LogP contribution in [0.4, 0.5) is 5.69 Å². The number of aromatic nitrogens is 2. The Balaban J connectivity index is 2.08. The molecule has 2 aromatic rings. The van der Waals surface area contributed by atoms with E-state index >= 15 is 0 Å². The van der Waals surface area contributed by atoms with Crippen molar-refractivity contribution in [3.8, 4) is 5.75 Å². The number of aliphatic hydroxyl groups excluding tert-OH is 1. The van der Waals surface area contributed by atoms with Gasteiger partial charge in [0, 0.05) is 0 Å². The summed E-state index contributed by atoms with van der Waals surface area (Å²) in [6.07, 6.45) is -0.818. The zero-order valence-electron chi connectivity index (χ0n) is 14.7. The van der Waals surface area contributed by atoms with E-state index in [1.807, 2.05) is 32.9 Å². The van der Waals surface area contributed by atoms with Crippen molar-refractivity contribution in [2.24, 2.45) is 0 Å². The maximum absolute atomic E-state index is 11.0. The second-order valence-corrected chi connectivity index (χ2v) is 6.08. The van der Waals surface area contributed by atoms with Crippen LogP contribution in [-0.4, -0.2) is 32.5 Å². The van der Waals surface area contributed by atoms with Crippen LogP contribution in [0.15, 0.2) is 12.1 Å². The highest BCUT2D eigenvalue weighted by atomic mass is 16.6. The number of benzene rings is 1. The summed E-state index contributed by atoms with van der Waals surface area (Å²) in [7, 11) is 0. The minimum Gasteiger partial charge on any atom is -0.490 e. The summed E-state index contributed by atoms with van der Waals surface area (Å²) in [5.41, 5.74) is 3.94. The smallest absolute Gasteiger partial charge is 0.312 e. The zero-order chi connectivity index (χ0) is 18.0. The van der Waals surface area contributed by atoms with Gasteiger partial charge in [-0.05, 0) is 51.3 Å². The number of ether oxygens (including phenoxy) is 1. The van der Waals surface area contributed by atoms with Gasteiger partial charge >= 0.3 is 5.69 Å². The second kappa shape index (κ2) is 7.00. The Kier molecular flexibility index (Phi) is 5.23. The van der Waals surface area contributed by atoms with Crippen molar-refractivity contribution in [3.63, 3.8) is 0 Å². The lowest BCUT2D eigenvalue weighted by Crippen LogP contribution is -2.25. The summed E-state index contributed by atoms with van der Waals surface area (Å²) in [5.74, 6) is 0.772. The highest BCUT2D eigenvalue weighted by Gasteiger charge is 2.23. The summed E-state index contributed by atoms with van der Waals surface area (Å²) in [6, 6.07) is 4.01. The first-order valence-corrected chi connectivity index (χ1v) is 7.78. The van der Waals surface area contributed by atoms with Crippen LogP contribution in [0.25, 0.3) is 0 Å². The quantitative estimate of drug-likeness (QED) is 0.648. The molecular weight excluding hydrogens is 310 g/mol. The predicted octanol–water partition coefficient (Wildman–Crippen LogP) is 2.77. The molecule has 7 nitrogen and oxygen atoms in total. The van der Waals surface area contributed by atoms with Crippen LogP contribution in [0.5, 0.6) is 5.75 Å². The molecule has 0 spiro atoms. The SMILES string of the molecule is Cc1ccc(C)c(OCC(O)Cn2nc(C)c([N+](=O)[O-])c2C)c1C. The van der Waals surface area contributed by atoms with Crippen molar-refractivity contribution in [2.75, 3.05) is 6.61 Å². The van der Waals surface area contributed by atoms with Gasteiger partial charge in [0.1, 0.15) is 29.8 Å². The average molecular weight is 333 g/mol. The van der Waals surface area contributed by atoms with Crippen molar-refractivity contribution in [1.82, 2.24) is 9.78 Å². The molecule has 0 saturated heterocycles. The number of aryl methyl sites for hydroxylation is 3. The van der Waals surface area contributed by atoms with Gasteiger partial charge in [-0.3, -0.25) is 14.8 Å². The van der Waals surface area contributed by atoms with Crippen LogP contribution >= 0.6 is 0 Å². The maximum atomic E-state index is 11.0. The highest BCUT2D eigenvalue weighted by molar-refractivity contribution is 5.44. The molecule has 0 radical (unpaired) electrons. The Bertz CT molecular complexity index is 768. The van der Waals surface area contributed by atoms with E-state index in [0.717, 1.165) is 22.4 Å². The summed E-state index contributed by atoms with van der Waals surface area (Å²) in [6.45, 7) is 9.40. The summed E-state index contributed by atoms with van der Waals surface area (Å²) in [5, 5.41) is 25.4. The van der Waals surface area contributed by atoms with E-state index in [9.17, 15) is 15.2 Å². The first-order chi connectivity index (χ1) is 11.2. The fourth-order valence-electron chi connectivity index (χ4n) is 2.71. The predicted molar refractivity (Wildman–Crippen MR) is 90.5 cm³/mol. The Morgan fingerprint density at radius 2 is 1.88 bits per heavy atom. The highest BCUT2D eigenvalue weighted by Crippen LogP contribution is 2.26. The topological polar surface area (TPSA) is 90.4 Å². The molecule has 1 aromatic carbocycles. The van der Waals surface area contributed by atoms with Crippen LogP contribution in [0, 0.1) is 44.7 Å². The van der Waals surface area contributed by atoms with Crippen LogP contribution in [0.1, 0.15) is 28.1 Å². The lowest BCUT2D eigenvalue weighted by Gasteiger charge is -2.17. The van der Waals surface area contributed by atoms with E-state index in [2.05, 4.69) is 5.10 Å². The molecule has 7 heteroatoms. The Labute approximate surface area is 141 Å². The van der Waals surface area contributed by atoms with Crippen molar-refractivity contribution in [1.29, 1.82) is 0 Å². The molecule has 0 bridgehead atoms. The summed E-state index contributed by atoms with van der Waals surface area (Å²) in [4.78, 5) is 10.6. The first-order valence-electron chi connectivity index (χ1n) is 7.78. The van der Waals surface area contributed by atoms with Gasteiger partial charge < -0.3 is 9.84 Å². The van der Waals surface area contributed by atoms with E-state index < -0.39 is 11.0 Å². The minimum absolute atomic E-state index is 0.00603. The van der Waals surface area contributed by atoms with E-state index in [4.69, 9.17) is 4.74 Å². The van der Waals surface area contributed by atoms with Gasteiger partial charge in [-0.2, -0.15) is 5.10 Å². The van der Waals surface area contributed by atoms with Gasteiger partial charge in [-0.25, -0.2) is 0 Å². The van der Waals surface area contributed by atoms with Crippen molar-refractivity contribution < 1.29 is 14.8 Å². The van der Waals surface area contributed by atoms with Crippen molar-refractivity contribution in [3.05, 3.63) is 50.3 Å². The molecule has 0 saturated carbocycles. The van der Waals surface area contributed by atoms with E-state index in [1.54, 1.807) is 13.8 Å². The number of nitro groups is 1. The van der Waals surface area contributed by atoms with Gasteiger partial charge in [0.2, 0.25) is 0 Å². The second-order valence-electron chi connectivity index (χ2n) is 6.08. The monoisotopic (exact) mass is 333 g/mol.